The maximum Gasteiger partial charge on any atom is 0.233 e. The lowest BCUT2D eigenvalue weighted by Gasteiger charge is -2.16. The largest absolute Gasteiger partial charge is 0.497 e. The molecule has 0 saturated heterocycles. The molecule has 0 fully saturated rings. The fourth-order valence-electron chi connectivity index (χ4n) is 2.47. The number of amides is 1. The number of benzene rings is 2. The van der Waals surface area contributed by atoms with Crippen molar-refractivity contribution in [2.45, 2.75) is 19.4 Å². The Balaban J connectivity index is 2.20. The van der Waals surface area contributed by atoms with Gasteiger partial charge in [-0.25, -0.2) is 0 Å². The normalized spacial score (nSPS) is 11.8. The maximum absolute atomic E-state index is 11.4. The predicted molar refractivity (Wildman–Crippen MR) is 88.8 cm³/mol. The zero-order chi connectivity index (χ0) is 15.9. The van der Waals surface area contributed by atoms with Gasteiger partial charge in [0, 0.05) is 6.04 Å². The SMILES string of the molecule is COc1ccc(-c2ccccc2CC(C)NC(=O)CN)cc1. The summed E-state index contributed by atoms with van der Waals surface area (Å²) in [5.74, 6) is 0.708. The van der Waals surface area contributed by atoms with Crippen LogP contribution in [0.15, 0.2) is 48.5 Å². The van der Waals surface area contributed by atoms with Crippen LogP contribution in [0.5, 0.6) is 5.75 Å². The van der Waals surface area contributed by atoms with Gasteiger partial charge in [-0.05, 0) is 42.2 Å². The molecule has 4 nitrogen and oxygen atoms in total. The molecular weight excluding hydrogens is 276 g/mol. The van der Waals surface area contributed by atoms with Crippen molar-refractivity contribution in [3.8, 4) is 16.9 Å². The van der Waals surface area contributed by atoms with Gasteiger partial charge in [0.15, 0.2) is 0 Å². The summed E-state index contributed by atoms with van der Waals surface area (Å²) in [6.07, 6.45) is 0.758. The van der Waals surface area contributed by atoms with Gasteiger partial charge >= 0.3 is 0 Å². The second-order valence-electron chi connectivity index (χ2n) is 5.26. The zero-order valence-corrected chi connectivity index (χ0v) is 13.0. The lowest BCUT2D eigenvalue weighted by molar-refractivity contribution is -0.120. The lowest BCUT2D eigenvalue weighted by atomic mass is 9.95. The number of carbonyl (C=O) groups excluding carboxylic acids is 1. The van der Waals surface area contributed by atoms with Crippen LogP contribution in [0.4, 0.5) is 0 Å². The molecule has 3 N–H and O–H groups in total. The molecule has 0 saturated carbocycles. The van der Waals surface area contributed by atoms with Crippen molar-refractivity contribution in [3.05, 3.63) is 54.1 Å². The molecule has 4 heteroatoms. The monoisotopic (exact) mass is 298 g/mol. The van der Waals surface area contributed by atoms with Gasteiger partial charge in [-0.2, -0.15) is 0 Å². The van der Waals surface area contributed by atoms with E-state index in [4.69, 9.17) is 10.5 Å². The molecule has 0 spiro atoms. The van der Waals surface area contributed by atoms with Gasteiger partial charge in [0.25, 0.3) is 0 Å². The Morgan fingerprint density at radius 1 is 1.18 bits per heavy atom. The molecule has 22 heavy (non-hydrogen) atoms. The van der Waals surface area contributed by atoms with Crippen LogP contribution in [-0.4, -0.2) is 25.6 Å². The topological polar surface area (TPSA) is 64.3 Å². The fourth-order valence-corrected chi connectivity index (χ4v) is 2.47. The molecule has 1 unspecified atom stereocenters. The number of nitrogens with one attached hydrogen (secondary N) is 1. The van der Waals surface area contributed by atoms with Crippen LogP contribution in [0.2, 0.25) is 0 Å². The average Bonchev–Trinajstić information content (AvgIpc) is 2.55. The van der Waals surface area contributed by atoms with Crippen LogP contribution < -0.4 is 15.8 Å². The molecule has 0 aliphatic heterocycles. The third kappa shape index (κ3) is 4.09. The van der Waals surface area contributed by atoms with E-state index in [-0.39, 0.29) is 18.5 Å². The number of ether oxygens (including phenoxy) is 1. The van der Waals surface area contributed by atoms with Gasteiger partial charge in [-0.1, -0.05) is 36.4 Å². The summed E-state index contributed by atoms with van der Waals surface area (Å²) < 4.78 is 5.20. The molecule has 0 heterocycles. The predicted octanol–water partition coefficient (Wildman–Crippen LogP) is 2.37. The van der Waals surface area contributed by atoms with E-state index in [1.54, 1.807) is 7.11 Å². The van der Waals surface area contributed by atoms with Crippen molar-refractivity contribution in [2.75, 3.05) is 13.7 Å². The quantitative estimate of drug-likeness (QED) is 0.860. The lowest BCUT2D eigenvalue weighted by Crippen LogP contribution is -2.38. The van der Waals surface area contributed by atoms with E-state index in [0.29, 0.717) is 0 Å². The fraction of sp³-hybridized carbons (Fsp3) is 0.278. The molecule has 2 rings (SSSR count). The Morgan fingerprint density at radius 3 is 2.50 bits per heavy atom. The molecule has 2 aromatic carbocycles. The van der Waals surface area contributed by atoms with Crippen LogP contribution >= 0.6 is 0 Å². The van der Waals surface area contributed by atoms with Crippen LogP contribution in [-0.2, 0) is 11.2 Å². The van der Waals surface area contributed by atoms with Crippen LogP contribution in [0.3, 0.4) is 0 Å². The highest BCUT2D eigenvalue weighted by Gasteiger charge is 2.10. The molecule has 0 bridgehead atoms. The number of nitrogens with two attached hydrogens (primary N) is 1. The average molecular weight is 298 g/mol. The van der Waals surface area contributed by atoms with Gasteiger partial charge in [-0.3, -0.25) is 4.79 Å². The van der Waals surface area contributed by atoms with Crippen molar-refractivity contribution in [1.29, 1.82) is 0 Å². The standard InChI is InChI=1S/C18H22N2O2/c1-13(20-18(21)12-19)11-15-5-3-4-6-17(15)14-7-9-16(22-2)10-8-14/h3-10,13H,11-12,19H2,1-2H3,(H,20,21). The Labute approximate surface area is 131 Å². The van der Waals surface area contributed by atoms with E-state index in [9.17, 15) is 4.79 Å². The first-order chi connectivity index (χ1) is 10.6. The number of methoxy groups -OCH3 is 1. The van der Waals surface area contributed by atoms with Crippen molar-refractivity contribution in [2.24, 2.45) is 5.73 Å². The van der Waals surface area contributed by atoms with Crippen molar-refractivity contribution in [1.82, 2.24) is 5.32 Å². The Bertz CT molecular complexity index is 623. The molecule has 1 atom stereocenters. The highest BCUT2D eigenvalue weighted by Crippen LogP contribution is 2.26. The molecule has 0 aliphatic carbocycles. The van der Waals surface area contributed by atoms with Crippen molar-refractivity contribution < 1.29 is 9.53 Å². The number of hydrogen-bond donors (Lipinski definition) is 2. The van der Waals surface area contributed by atoms with E-state index in [1.165, 1.54) is 11.1 Å². The molecular formula is C18H22N2O2. The van der Waals surface area contributed by atoms with Gasteiger partial charge in [0.05, 0.1) is 13.7 Å². The van der Waals surface area contributed by atoms with Gasteiger partial charge < -0.3 is 15.8 Å². The molecule has 2 aromatic rings. The zero-order valence-electron chi connectivity index (χ0n) is 13.0. The van der Waals surface area contributed by atoms with E-state index in [2.05, 4.69) is 17.4 Å². The minimum Gasteiger partial charge on any atom is -0.497 e. The Hall–Kier alpha value is -2.33. The third-order valence-electron chi connectivity index (χ3n) is 3.54. The van der Waals surface area contributed by atoms with Crippen molar-refractivity contribution >= 4 is 5.91 Å². The smallest absolute Gasteiger partial charge is 0.233 e. The van der Waals surface area contributed by atoms with E-state index < -0.39 is 0 Å². The van der Waals surface area contributed by atoms with Crippen LogP contribution in [0.1, 0.15) is 12.5 Å². The Kier molecular flexibility index (Phi) is 5.55. The van der Waals surface area contributed by atoms with Gasteiger partial charge in [0.1, 0.15) is 5.75 Å². The first kappa shape index (κ1) is 16.0. The first-order valence-electron chi connectivity index (χ1n) is 7.35. The number of rotatable bonds is 6. The Morgan fingerprint density at radius 2 is 1.86 bits per heavy atom. The summed E-state index contributed by atoms with van der Waals surface area (Å²) in [7, 11) is 1.66. The van der Waals surface area contributed by atoms with E-state index in [0.717, 1.165) is 17.7 Å². The molecule has 0 aromatic heterocycles. The minimum atomic E-state index is -0.130. The van der Waals surface area contributed by atoms with Gasteiger partial charge in [-0.15, -0.1) is 0 Å². The second-order valence-corrected chi connectivity index (χ2v) is 5.26. The summed E-state index contributed by atoms with van der Waals surface area (Å²) in [5.41, 5.74) is 8.83. The van der Waals surface area contributed by atoms with Crippen LogP contribution in [0.25, 0.3) is 11.1 Å². The highest BCUT2D eigenvalue weighted by atomic mass is 16.5. The summed E-state index contributed by atoms with van der Waals surface area (Å²) in [4.78, 5) is 11.4. The summed E-state index contributed by atoms with van der Waals surface area (Å²) in [5, 5.41) is 2.89. The number of carbonyl (C=O) groups is 1. The molecule has 116 valence electrons. The highest BCUT2D eigenvalue weighted by molar-refractivity contribution is 5.78. The van der Waals surface area contributed by atoms with Gasteiger partial charge in [0.2, 0.25) is 5.91 Å². The molecule has 1 amide bonds. The van der Waals surface area contributed by atoms with Crippen molar-refractivity contribution in [3.63, 3.8) is 0 Å². The second kappa shape index (κ2) is 7.61. The van der Waals surface area contributed by atoms with Crippen LogP contribution in [0, 0.1) is 0 Å². The summed E-state index contributed by atoms with van der Waals surface area (Å²) in [6, 6.07) is 16.2. The summed E-state index contributed by atoms with van der Waals surface area (Å²) >= 11 is 0. The first-order valence-corrected chi connectivity index (χ1v) is 7.35. The maximum atomic E-state index is 11.4. The minimum absolute atomic E-state index is 0.0183. The van der Waals surface area contributed by atoms with E-state index in [1.807, 2.05) is 43.3 Å². The molecule has 0 aliphatic rings. The van der Waals surface area contributed by atoms with E-state index >= 15 is 0 Å². The third-order valence-corrected chi connectivity index (χ3v) is 3.54. The summed E-state index contributed by atoms with van der Waals surface area (Å²) in [6.45, 7) is 2.00. The number of hydrogen-bond acceptors (Lipinski definition) is 3. The molecule has 0 radical (unpaired) electrons.